The average Bonchev–Trinajstić information content (AvgIpc) is 2.69. The Morgan fingerprint density at radius 3 is 2.38 bits per heavy atom. The molecule has 2 rings (SSSR count). The summed E-state index contributed by atoms with van der Waals surface area (Å²) in [4.78, 5) is 1.21. The van der Waals surface area contributed by atoms with Gasteiger partial charge in [-0.25, -0.2) is 0 Å². The Kier molecular flexibility index (Phi) is 3.49. The molecule has 2 nitrogen and oxygen atoms in total. The molecule has 0 aliphatic heterocycles. The lowest BCUT2D eigenvalue weighted by atomic mass is 10.1. The van der Waals surface area contributed by atoms with Crippen LogP contribution in [0, 0.1) is 0 Å². The van der Waals surface area contributed by atoms with E-state index in [0.717, 1.165) is 10.0 Å². The van der Waals surface area contributed by atoms with Crippen molar-refractivity contribution in [2.24, 2.45) is 0 Å². The topological polar surface area (TPSA) is 38.0 Å². The van der Waals surface area contributed by atoms with Gasteiger partial charge in [-0.3, -0.25) is 0 Å². The minimum Gasteiger partial charge on any atom is -0.399 e. The molecule has 1 aromatic carbocycles. The van der Waals surface area contributed by atoms with Crippen LogP contribution in [0.3, 0.4) is 0 Å². The molecule has 16 heavy (non-hydrogen) atoms. The van der Waals surface area contributed by atoms with E-state index < -0.39 is 0 Å². The number of nitrogens with one attached hydrogen (secondary N) is 1. The molecule has 4 heteroatoms. The second kappa shape index (κ2) is 4.87. The standard InChI is InChI=1S/C12H13ClN2S/c1-15-12(10-6-7-11(13)16-10)8-2-4-9(14)5-3-8/h2-7,12,15H,14H2,1H3. The highest BCUT2D eigenvalue weighted by Crippen LogP contribution is 2.30. The number of anilines is 1. The van der Waals surface area contributed by atoms with Crippen LogP contribution in [0.1, 0.15) is 16.5 Å². The quantitative estimate of drug-likeness (QED) is 0.823. The second-order valence-electron chi connectivity index (χ2n) is 3.53. The number of nitrogens with two attached hydrogens (primary N) is 1. The molecule has 0 aliphatic rings. The maximum Gasteiger partial charge on any atom is 0.0931 e. The molecule has 3 N–H and O–H groups in total. The Bertz CT molecular complexity index is 464. The first-order valence-corrected chi connectivity index (χ1v) is 6.18. The zero-order valence-corrected chi connectivity index (χ0v) is 10.5. The van der Waals surface area contributed by atoms with Crippen molar-refractivity contribution in [3.05, 3.63) is 51.2 Å². The molecule has 0 radical (unpaired) electrons. The van der Waals surface area contributed by atoms with E-state index in [1.165, 1.54) is 10.4 Å². The molecule has 0 saturated carbocycles. The summed E-state index contributed by atoms with van der Waals surface area (Å²) in [5.41, 5.74) is 7.64. The van der Waals surface area contributed by atoms with Crippen molar-refractivity contribution in [1.82, 2.24) is 5.32 Å². The molecule has 0 saturated heterocycles. The van der Waals surface area contributed by atoms with E-state index in [1.54, 1.807) is 11.3 Å². The molecule has 0 amide bonds. The number of hydrogen-bond donors (Lipinski definition) is 2. The lowest BCUT2D eigenvalue weighted by molar-refractivity contribution is 0.704. The van der Waals surface area contributed by atoms with Gasteiger partial charge in [0.25, 0.3) is 0 Å². The molecule has 1 unspecified atom stereocenters. The summed E-state index contributed by atoms with van der Waals surface area (Å²) < 4.78 is 0.811. The first-order chi connectivity index (χ1) is 7.70. The molecule has 0 spiro atoms. The van der Waals surface area contributed by atoms with Crippen molar-refractivity contribution in [3.63, 3.8) is 0 Å². The number of halogens is 1. The second-order valence-corrected chi connectivity index (χ2v) is 5.28. The zero-order chi connectivity index (χ0) is 11.5. The van der Waals surface area contributed by atoms with E-state index in [-0.39, 0.29) is 6.04 Å². The first-order valence-electron chi connectivity index (χ1n) is 4.98. The molecule has 84 valence electrons. The summed E-state index contributed by atoms with van der Waals surface area (Å²) in [7, 11) is 1.94. The van der Waals surface area contributed by atoms with Crippen LogP contribution in [-0.2, 0) is 0 Å². The van der Waals surface area contributed by atoms with Crippen LogP contribution in [0.2, 0.25) is 4.34 Å². The molecule has 1 aromatic heterocycles. The number of benzene rings is 1. The van der Waals surface area contributed by atoms with Gasteiger partial charge in [-0.2, -0.15) is 0 Å². The highest BCUT2D eigenvalue weighted by atomic mass is 35.5. The fraction of sp³-hybridized carbons (Fsp3) is 0.167. The third kappa shape index (κ3) is 2.38. The van der Waals surface area contributed by atoms with Gasteiger partial charge in [0.1, 0.15) is 0 Å². The molecule has 0 aliphatic carbocycles. The fourth-order valence-corrected chi connectivity index (χ4v) is 2.84. The molecular weight excluding hydrogens is 240 g/mol. The number of nitrogen functional groups attached to an aromatic ring is 1. The van der Waals surface area contributed by atoms with Crippen molar-refractivity contribution in [1.29, 1.82) is 0 Å². The van der Waals surface area contributed by atoms with Crippen molar-refractivity contribution in [2.45, 2.75) is 6.04 Å². The van der Waals surface area contributed by atoms with Crippen molar-refractivity contribution in [3.8, 4) is 0 Å². The van der Waals surface area contributed by atoms with E-state index in [0.29, 0.717) is 0 Å². The minimum absolute atomic E-state index is 0.179. The Labute approximate surface area is 104 Å². The van der Waals surface area contributed by atoms with Gasteiger partial charge in [0.05, 0.1) is 10.4 Å². The van der Waals surface area contributed by atoms with Gasteiger partial charge >= 0.3 is 0 Å². The number of thiophene rings is 1. The molecule has 0 fully saturated rings. The van der Waals surface area contributed by atoms with Gasteiger partial charge in [0, 0.05) is 10.6 Å². The predicted octanol–water partition coefficient (Wildman–Crippen LogP) is 3.29. The predicted molar refractivity (Wildman–Crippen MR) is 71.1 cm³/mol. The van der Waals surface area contributed by atoms with Crippen molar-refractivity contribution < 1.29 is 0 Å². The number of hydrogen-bond acceptors (Lipinski definition) is 3. The van der Waals surface area contributed by atoms with Gasteiger partial charge < -0.3 is 11.1 Å². The van der Waals surface area contributed by atoms with Gasteiger partial charge in [-0.15, -0.1) is 11.3 Å². The van der Waals surface area contributed by atoms with Crippen molar-refractivity contribution >= 4 is 28.6 Å². The Balaban J connectivity index is 2.32. The van der Waals surface area contributed by atoms with E-state index in [4.69, 9.17) is 17.3 Å². The molecular formula is C12H13ClN2S. The van der Waals surface area contributed by atoms with Crippen molar-refractivity contribution in [2.75, 3.05) is 12.8 Å². The highest BCUT2D eigenvalue weighted by Gasteiger charge is 2.13. The molecule has 1 atom stereocenters. The Morgan fingerprint density at radius 2 is 1.88 bits per heavy atom. The van der Waals surface area contributed by atoms with Gasteiger partial charge in [-0.05, 0) is 36.9 Å². The van der Waals surface area contributed by atoms with Crippen LogP contribution in [0.25, 0.3) is 0 Å². The summed E-state index contributed by atoms with van der Waals surface area (Å²) in [6, 6.07) is 12.0. The van der Waals surface area contributed by atoms with E-state index in [1.807, 2.05) is 43.4 Å². The molecule has 0 bridgehead atoms. The summed E-state index contributed by atoms with van der Waals surface area (Å²) in [6.07, 6.45) is 0. The average molecular weight is 253 g/mol. The summed E-state index contributed by atoms with van der Waals surface area (Å²) in [5, 5.41) is 3.28. The smallest absolute Gasteiger partial charge is 0.0931 e. The monoisotopic (exact) mass is 252 g/mol. The minimum atomic E-state index is 0.179. The highest BCUT2D eigenvalue weighted by molar-refractivity contribution is 7.16. The molecule has 1 heterocycles. The maximum atomic E-state index is 5.94. The maximum absolute atomic E-state index is 5.94. The summed E-state index contributed by atoms with van der Waals surface area (Å²) in [5.74, 6) is 0. The SMILES string of the molecule is CNC(c1ccc(N)cc1)c1ccc(Cl)s1. The Morgan fingerprint density at radius 1 is 1.19 bits per heavy atom. The van der Waals surface area contributed by atoms with Crippen LogP contribution in [0.5, 0.6) is 0 Å². The Hall–Kier alpha value is -1.03. The van der Waals surface area contributed by atoms with Crippen LogP contribution >= 0.6 is 22.9 Å². The van der Waals surface area contributed by atoms with Crippen LogP contribution < -0.4 is 11.1 Å². The van der Waals surface area contributed by atoms with Crippen LogP contribution in [-0.4, -0.2) is 7.05 Å². The third-order valence-electron chi connectivity index (χ3n) is 2.44. The molecule has 2 aromatic rings. The van der Waals surface area contributed by atoms with E-state index >= 15 is 0 Å². The fourth-order valence-electron chi connectivity index (χ4n) is 1.65. The normalized spacial score (nSPS) is 12.6. The largest absolute Gasteiger partial charge is 0.399 e. The first kappa shape index (κ1) is 11.5. The number of rotatable bonds is 3. The summed E-state index contributed by atoms with van der Waals surface area (Å²) >= 11 is 7.54. The summed E-state index contributed by atoms with van der Waals surface area (Å²) in [6.45, 7) is 0. The lowest BCUT2D eigenvalue weighted by Gasteiger charge is -2.15. The van der Waals surface area contributed by atoms with Gasteiger partial charge in [-0.1, -0.05) is 23.7 Å². The van der Waals surface area contributed by atoms with Gasteiger partial charge in [0.2, 0.25) is 0 Å². The van der Waals surface area contributed by atoms with Crippen LogP contribution in [0.4, 0.5) is 5.69 Å². The third-order valence-corrected chi connectivity index (χ3v) is 3.73. The lowest BCUT2D eigenvalue weighted by Crippen LogP contribution is -2.16. The van der Waals surface area contributed by atoms with Gasteiger partial charge in [0.15, 0.2) is 0 Å². The van der Waals surface area contributed by atoms with E-state index in [2.05, 4.69) is 5.32 Å². The van der Waals surface area contributed by atoms with Crippen LogP contribution in [0.15, 0.2) is 36.4 Å². The zero-order valence-electron chi connectivity index (χ0n) is 8.91. The van der Waals surface area contributed by atoms with E-state index in [9.17, 15) is 0 Å².